The summed E-state index contributed by atoms with van der Waals surface area (Å²) >= 11 is 1.97. The first-order chi connectivity index (χ1) is 7.84. The molecule has 1 aliphatic rings. The molecule has 1 aliphatic heterocycles. The third-order valence-corrected chi connectivity index (χ3v) is 3.89. The molecular formula is C11H14N4S. The molecular weight excluding hydrogens is 220 g/mol. The van der Waals surface area contributed by atoms with Gasteiger partial charge in [-0.1, -0.05) is 0 Å². The Morgan fingerprint density at radius 3 is 3.25 bits per heavy atom. The van der Waals surface area contributed by atoms with E-state index in [0.717, 1.165) is 23.8 Å². The van der Waals surface area contributed by atoms with Gasteiger partial charge in [-0.3, -0.25) is 4.40 Å². The molecule has 0 amide bonds. The molecule has 1 atom stereocenters. The molecule has 0 spiro atoms. The van der Waals surface area contributed by atoms with Crippen molar-refractivity contribution in [1.82, 2.24) is 19.9 Å². The van der Waals surface area contributed by atoms with E-state index in [4.69, 9.17) is 0 Å². The SMILES string of the molecule is Cc1ccn2c(C3CSCCN3)nnc2c1. The largest absolute Gasteiger partial charge is 0.306 e. The normalized spacial score (nSPS) is 21.4. The third kappa shape index (κ3) is 1.70. The number of aryl methyl sites for hydroxylation is 1. The minimum atomic E-state index is 0.330. The molecule has 2 aromatic rings. The molecule has 4 nitrogen and oxygen atoms in total. The molecule has 16 heavy (non-hydrogen) atoms. The van der Waals surface area contributed by atoms with E-state index in [1.807, 2.05) is 11.8 Å². The summed E-state index contributed by atoms with van der Waals surface area (Å²) in [5.74, 6) is 3.29. The van der Waals surface area contributed by atoms with E-state index in [1.54, 1.807) is 0 Å². The van der Waals surface area contributed by atoms with E-state index in [0.29, 0.717) is 6.04 Å². The van der Waals surface area contributed by atoms with Gasteiger partial charge in [-0.2, -0.15) is 11.8 Å². The molecule has 0 radical (unpaired) electrons. The van der Waals surface area contributed by atoms with Crippen LogP contribution in [-0.2, 0) is 0 Å². The van der Waals surface area contributed by atoms with Gasteiger partial charge in [-0.15, -0.1) is 10.2 Å². The Morgan fingerprint density at radius 1 is 1.50 bits per heavy atom. The van der Waals surface area contributed by atoms with Gasteiger partial charge >= 0.3 is 0 Å². The second kappa shape index (κ2) is 4.07. The van der Waals surface area contributed by atoms with E-state index in [1.165, 1.54) is 11.3 Å². The van der Waals surface area contributed by atoms with Crippen molar-refractivity contribution >= 4 is 17.4 Å². The van der Waals surface area contributed by atoms with Crippen LogP contribution in [0.3, 0.4) is 0 Å². The summed E-state index contributed by atoms with van der Waals surface area (Å²) in [5.41, 5.74) is 2.16. The molecule has 0 saturated carbocycles. The number of hydrogen-bond acceptors (Lipinski definition) is 4. The number of aromatic nitrogens is 3. The van der Waals surface area contributed by atoms with Crippen LogP contribution in [0.5, 0.6) is 0 Å². The molecule has 1 saturated heterocycles. The monoisotopic (exact) mass is 234 g/mol. The van der Waals surface area contributed by atoms with E-state index in [2.05, 4.69) is 45.2 Å². The van der Waals surface area contributed by atoms with Crippen LogP contribution in [0, 0.1) is 6.92 Å². The van der Waals surface area contributed by atoms with Gasteiger partial charge in [0.05, 0.1) is 6.04 Å². The average Bonchev–Trinajstić information content (AvgIpc) is 2.73. The average molecular weight is 234 g/mol. The number of thioether (sulfide) groups is 1. The summed E-state index contributed by atoms with van der Waals surface area (Å²) < 4.78 is 2.08. The number of nitrogens with one attached hydrogen (secondary N) is 1. The minimum Gasteiger partial charge on any atom is -0.306 e. The lowest BCUT2D eigenvalue weighted by atomic mass is 10.3. The van der Waals surface area contributed by atoms with Gasteiger partial charge in [0.15, 0.2) is 11.5 Å². The summed E-state index contributed by atoms with van der Waals surface area (Å²) in [6, 6.07) is 4.49. The first-order valence-electron chi connectivity index (χ1n) is 5.47. The summed E-state index contributed by atoms with van der Waals surface area (Å²) in [6.45, 7) is 3.12. The maximum absolute atomic E-state index is 4.30. The Hall–Kier alpha value is -1.07. The van der Waals surface area contributed by atoms with Crippen LogP contribution in [0.15, 0.2) is 18.3 Å². The molecule has 3 heterocycles. The van der Waals surface area contributed by atoms with Crippen molar-refractivity contribution in [2.75, 3.05) is 18.1 Å². The Morgan fingerprint density at radius 2 is 2.44 bits per heavy atom. The van der Waals surface area contributed by atoms with Crippen molar-refractivity contribution in [2.24, 2.45) is 0 Å². The van der Waals surface area contributed by atoms with Gasteiger partial charge < -0.3 is 5.32 Å². The quantitative estimate of drug-likeness (QED) is 0.810. The Labute approximate surface area is 98.4 Å². The zero-order valence-corrected chi connectivity index (χ0v) is 10.00. The van der Waals surface area contributed by atoms with Crippen LogP contribution >= 0.6 is 11.8 Å². The van der Waals surface area contributed by atoms with Gasteiger partial charge in [0, 0.05) is 24.2 Å². The van der Waals surface area contributed by atoms with Crippen LogP contribution in [0.4, 0.5) is 0 Å². The molecule has 2 aromatic heterocycles. The summed E-state index contributed by atoms with van der Waals surface area (Å²) in [5, 5.41) is 12.0. The van der Waals surface area contributed by atoms with Gasteiger partial charge in [0.1, 0.15) is 0 Å². The van der Waals surface area contributed by atoms with Crippen molar-refractivity contribution in [2.45, 2.75) is 13.0 Å². The van der Waals surface area contributed by atoms with Gasteiger partial charge in [0.25, 0.3) is 0 Å². The van der Waals surface area contributed by atoms with Crippen LogP contribution in [0.1, 0.15) is 17.4 Å². The first kappa shape index (κ1) is 10.1. The van der Waals surface area contributed by atoms with Crippen LogP contribution in [0.2, 0.25) is 0 Å². The first-order valence-corrected chi connectivity index (χ1v) is 6.62. The zero-order valence-electron chi connectivity index (χ0n) is 9.18. The van der Waals surface area contributed by atoms with Crippen molar-refractivity contribution in [1.29, 1.82) is 0 Å². The maximum atomic E-state index is 4.30. The van der Waals surface area contributed by atoms with Gasteiger partial charge in [0.2, 0.25) is 0 Å². The van der Waals surface area contributed by atoms with E-state index in [-0.39, 0.29) is 0 Å². The standard InChI is InChI=1S/C11H14N4S/c1-8-2-4-15-10(6-8)13-14-11(15)9-7-16-5-3-12-9/h2,4,6,9,12H,3,5,7H2,1H3. The molecule has 3 rings (SSSR count). The number of fused-ring (bicyclic) bond motifs is 1. The van der Waals surface area contributed by atoms with E-state index < -0.39 is 0 Å². The smallest absolute Gasteiger partial charge is 0.161 e. The van der Waals surface area contributed by atoms with Crippen molar-refractivity contribution in [3.05, 3.63) is 29.7 Å². The lowest BCUT2D eigenvalue weighted by Crippen LogP contribution is -2.31. The lowest BCUT2D eigenvalue weighted by molar-refractivity contribution is 0.559. The molecule has 5 heteroatoms. The molecule has 0 aromatic carbocycles. The Balaban J connectivity index is 2.03. The molecule has 1 N–H and O–H groups in total. The number of rotatable bonds is 1. The summed E-state index contributed by atoms with van der Waals surface area (Å²) in [4.78, 5) is 0. The van der Waals surface area contributed by atoms with E-state index in [9.17, 15) is 0 Å². The fourth-order valence-electron chi connectivity index (χ4n) is 1.98. The summed E-state index contributed by atoms with van der Waals surface area (Å²) in [6.07, 6.45) is 2.06. The predicted octanol–water partition coefficient (Wildman–Crippen LogP) is 1.42. The summed E-state index contributed by atoms with van der Waals surface area (Å²) in [7, 11) is 0. The van der Waals surface area contributed by atoms with Crippen molar-refractivity contribution in [3.8, 4) is 0 Å². The predicted molar refractivity (Wildman–Crippen MR) is 65.8 cm³/mol. The Bertz CT molecular complexity index is 502. The highest BCUT2D eigenvalue weighted by atomic mass is 32.2. The van der Waals surface area contributed by atoms with Crippen LogP contribution < -0.4 is 5.32 Å². The maximum Gasteiger partial charge on any atom is 0.161 e. The molecule has 1 fully saturated rings. The molecule has 84 valence electrons. The third-order valence-electron chi connectivity index (χ3n) is 2.83. The highest BCUT2D eigenvalue weighted by Gasteiger charge is 2.20. The molecule has 0 bridgehead atoms. The van der Waals surface area contributed by atoms with Crippen molar-refractivity contribution < 1.29 is 0 Å². The number of nitrogens with zero attached hydrogens (tertiary/aromatic N) is 3. The van der Waals surface area contributed by atoms with Gasteiger partial charge in [-0.05, 0) is 24.6 Å². The fraction of sp³-hybridized carbons (Fsp3) is 0.455. The fourth-order valence-corrected chi connectivity index (χ4v) is 2.91. The second-order valence-electron chi connectivity index (χ2n) is 4.07. The minimum absolute atomic E-state index is 0.330. The highest BCUT2D eigenvalue weighted by Crippen LogP contribution is 2.21. The molecule has 1 unspecified atom stereocenters. The van der Waals surface area contributed by atoms with Crippen LogP contribution in [-0.4, -0.2) is 32.6 Å². The van der Waals surface area contributed by atoms with E-state index >= 15 is 0 Å². The Kier molecular flexibility index (Phi) is 2.57. The number of hydrogen-bond donors (Lipinski definition) is 1. The highest BCUT2D eigenvalue weighted by molar-refractivity contribution is 7.99. The van der Waals surface area contributed by atoms with Crippen molar-refractivity contribution in [3.63, 3.8) is 0 Å². The second-order valence-corrected chi connectivity index (χ2v) is 5.22. The lowest BCUT2D eigenvalue weighted by Gasteiger charge is -2.21. The zero-order chi connectivity index (χ0) is 11.0. The van der Waals surface area contributed by atoms with Crippen LogP contribution in [0.25, 0.3) is 5.65 Å². The topological polar surface area (TPSA) is 42.2 Å². The number of pyridine rings is 1. The van der Waals surface area contributed by atoms with Gasteiger partial charge in [-0.25, -0.2) is 0 Å². The molecule has 0 aliphatic carbocycles.